The van der Waals surface area contributed by atoms with Crippen LogP contribution in [0.1, 0.15) is 5.56 Å². The van der Waals surface area contributed by atoms with Crippen molar-refractivity contribution in [3.05, 3.63) is 69.5 Å². The van der Waals surface area contributed by atoms with Gasteiger partial charge in [-0.3, -0.25) is 14.5 Å². The number of hydrogen-bond donors (Lipinski definition) is 1. The van der Waals surface area contributed by atoms with Crippen molar-refractivity contribution in [2.75, 3.05) is 24.6 Å². The molecule has 1 fully saturated rings. The fourth-order valence-electron chi connectivity index (χ4n) is 2.71. The third kappa shape index (κ3) is 4.88. The lowest BCUT2D eigenvalue weighted by Gasteiger charge is -2.24. The van der Waals surface area contributed by atoms with Gasteiger partial charge in [0.1, 0.15) is 10.9 Å². The molecule has 5 nitrogen and oxygen atoms in total. The molecule has 28 heavy (non-hydrogen) atoms. The van der Waals surface area contributed by atoms with E-state index in [0.29, 0.717) is 14.9 Å². The van der Waals surface area contributed by atoms with Crippen LogP contribution >= 0.6 is 39.9 Å². The summed E-state index contributed by atoms with van der Waals surface area (Å²) in [5, 5.41) is 9.32. The molecule has 2 aromatic rings. The number of anilines is 1. The molecule has 0 unspecified atom stereocenters. The van der Waals surface area contributed by atoms with Crippen LogP contribution in [-0.2, 0) is 9.59 Å². The van der Waals surface area contributed by atoms with Crippen molar-refractivity contribution in [2.24, 2.45) is 0 Å². The third-order valence-electron chi connectivity index (χ3n) is 4.01. The molecule has 0 aliphatic carbocycles. The van der Waals surface area contributed by atoms with E-state index in [2.05, 4.69) is 15.9 Å². The summed E-state index contributed by atoms with van der Waals surface area (Å²) < 4.78 is 1.26. The Morgan fingerprint density at radius 3 is 2.64 bits per heavy atom. The van der Waals surface area contributed by atoms with Gasteiger partial charge in [-0.2, -0.15) is 0 Å². The quantitative estimate of drug-likeness (QED) is 0.508. The van der Waals surface area contributed by atoms with Crippen molar-refractivity contribution in [3.8, 4) is 0 Å². The number of aliphatic hydroxyl groups excluding tert-OH is 1. The topological polar surface area (TPSA) is 60.9 Å². The summed E-state index contributed by atoms with van der Waals surface area (Å²) in [6.45, 7) is -0.206. The van der Waals surface area contributed by atoms with Crippen LogP contribution in [0.2, 0.25) is 0 Å². The standard InChI is InChI=1S/C20H17BrN2O3S2/c21-15-6-4-5-14(11-15)12-17-19(26)23(20(27)28-17)13-18(25)22(9-10-24)16-7-2-1-3-8-16/h1-8,11-12,24H,9-10,13H2/b17-12+. The van der Waals surface area contributed by atoms with Crippen LogP contribution in [0.5, 0.6) is 0 Å². The van der Waals surface area contributed by atoms with Crippen LogP contribution in [-0.4, -0.2) is 45.8 Å². The number of carbonyl (C=O) groups excluding carboxylic acids is 2. The monoisotopic (exact) mass is 476 g/mol. The third-order valence-corrected chi connectivity index (χ3v) is 5.88. The zero-order valence-corrected chi connectivity index (χ0v) is 18.0. The van der Waals surface area contributed by atoms with Gasteiger partial charge >= 0.3 is 0 Å². The molecule has 144 valence electrons. The first-order valence-corrected chi connectivity index (χ1v) is 10.5. The van der Waals surface area contributed by atoms with Gasteiger partial charge in [0.2, 0.25) is 5.91 Å². The van der Waals surface area contributed by atoms with Gasteiger partial charge < -0.3 is 10.0 Å². The summed E-state index contributed by atoms with van der Waals surface area (Å²) in [5.41, 5.74) is 1.53. The van der Waals surface area contributed by atoms with E-state index in [9.17, 15) is 14.7 Å². The molecule has 1 aliphatic rings. The maximum Gasteiger partial charge on any atom is 0.266 e. The molecule has 0 aromatic heterocycles. The number of halogens is 1. The summed E-state index contributed by atoms with van der Waals surface area (Å²) in [6.07, 6.45) is 1.76. The van der Waals surface area contributed by atoms with E-state index < -0.39 is 0 Å². The number of amides is 2. The highest BCUT2D eigenvalue weighted by atomic mass is 79.9. The fraction of sp³-hybridized carbons (Fsp3) is 0.150. The minimum absolute atomic E-state index is 0.144. The molecule has 3 rings (SSSR count). The Labute approximate surface area is 181 Å². The second-order valence-corrected chi connectivity index (χ2v) is 8.52. The fourth-order valence-corrected chi connectivity index (χ4v) is 4.38. The number of rotatable bonds is 6. The van der Waals surface area contributed by atoms with E-state index in [1.54, 1.807) is 18.2 Å². The summed E-state index contributed by atoms with van der Waals surface area (Å²) >= 11 is 9.91. The lowest BCUT2D eigenvalue weighted by Crippen LogP contribution is -2.43. The Morgan fingerprint density at radius 1 is 1.21 bits per heavy atom. The first-order chi connectivity index (χ1) is 13.5. The highest BCUT2D eigenvalue weighted by Gasteiger charge is 2.34. The molecule has 0 spiro atoms. The smallest absolute Gasteiger partial charge is 0.266 e. The van der Waals surface area contributed by atoms with Gasteiger partial charge in [-0.05, 0) is 35.9 Å². The second-order valence-electron chi connectivity index (χ2n) is 5.93. The zero-order valence-electron chi connectivity index (χ0n) is 14.7. The number of nitrogens with zero attached hydrogens (tertiary/aromatic N) is 2. The highest BCUT2D eigenvalue weighted by molar-refractivity contribution is 9.10. The number of aliphatic hydroxyl groups is 1. The van der Waals surface area contributed by atoms with E-state index in [4.69, 9.17) is 12.2 Å². The van der Waals surface area contributed by atoms with Gasteiger partial charge in [0, 0.05) is 16.7 Å². The zero-order chi connectivity index (χ0) is 20.1. The van der Waals surface area contributed by atoms with Crippen LogP contribution < -0.4 is 4.90 Å². The van der Waals surface area contributed by atoms with Crippen molar-refractivity contribution in [1.29, 1.82) is 0 Å². The first kappa shape index (κ1) is 20.7. The van der Waals surface area contributed by atoms with Crippen LogP contribution in [0.3, 0.4) is 0 Å². The minimum Gasteiger partial charge on any atom is -0.395 e. The summed E-state index contributed by atoms with van der Waals surface area (Å²) in [7, 11) is 0. The van der Waals surface area contributed by atoms with Crippen molar-refractivity contribution in [1.82, 2.24) is 4.90 Å². The van der Waals surface area contributed by atoms with E-state index in [0.717, 1.165) is 10.0 Å². The largest absolute Gasteiger partial charge is 0.395 e. The second kappa shape index (κ2) is 9.47. The Hall–Kier alpha value is -2.00. The van der Waals surface area contributed by atoms with Crippen molar-refractivity contribution in [3.63, 3.8) is 0 Å². The first-order valence-electron chi connectivity index (χ1n) is 8.47. The molecule has 2 amide bonds. The lowest BCUT2D eigenvalue weighted by molar-refractivity contribution is -0.127. The van der Waals surface area contributed by atoms with Gasteiger partial charge in [-0.25, -0.2) is 0 Å². The molecule has 0 bridgehead atoms. The van der Waals surface area contributed by atoms with E-state index >= 15 is 0 Å². The van der Waals surface area contributed by atoms with Gasteiger partial charge in [0.15, 0.2) is 0 Å². The van der Waals surface area contributed by atoms with Crippen molar-refractivity contribution >= 4 is 67.8 Å². The lowest BCUT2D eigenvalue weighted by atomic mass is 10.2. The normalized spacial score (nSPS) is 15.4. The van der Waals surface area contributed by atoms with Crippen molar-refractivity contribution in [2.45, 2.75) is 0 Å². The van der Waals surface area contributed by atoms with Crippen molar-refractivity contribution < 1.29 is 14.7 Å². The average molecular weight is 477 g/mol. The number of thiocarbonyl (C=S) groups is 1. The maximum absolute atomic E-state index is 12.8. The Kier molecular flexibility index (Phi) is 7.01. The molecular weight excluding hydrogens is 460 g/mol. The molecule has 0 radical (unpaired) electrons. The maximum atomic E-state index is 12.8. The van der Waals surface area contributed by atoms with E-state index in [1.165, 1.54) is 21.6 Å². The Balaban J connectivity index is 1.77. The molecule has 1 N–H and O–H groups in total. The molecular formula is C20H17BrN2O3S2. The van der Waals surface area contributed by atoms with Gasteiger partial charge in [-0.15, -0.1) is 0 Å². The van der Waals surface area contributed by atoms with Gasteiger partial charge in [-0.1, -0.05) is 70.2 Å². The molecule has 0 atom stereocenters. The molecule has 1 saturated heterocycles. The molecule has 2 aromatic carbocycles. The molecule has 0 saturated carbocycles. The molecule has 8 heteroatoms. The summed E-state index contributed by atoms with van der Waals surface area (Å²) in [6, 6.07) is 16.6. The number of thioether (sulfide) groups is 1. The summed E-state index contributed by atoms with van der Waals surface area (Å²) in [4.78, 5) is 28.8. The van der Waals surface area contributed by atoms with Crippen LogP contribution in [0.25, 0.3) is 6.08 Å². The number of carbonyl (C=O) groups is 2. The minimum atomic E-state index is -0.305. The van der Waals surface area contributed by atoms with Crippen LogP contribution in [0, 0.1) is 0 Å². The number of benzene rings is 2. The Bertz CT molecular complexity index is 934. The predicted molar refractivity (Wildman–Crippen MR) is 120 cm³/mol. The molecule has 1 heterocycles. The Morgan fingerprint density at radius 2 is 1.96 bits per heavy atom. The predicted octanol–water partition coefficient (Wildman–Crippen LogP) is 3.68. The van der Waals surface area contributed by atoms with Gasteiger partial charge in [0.25, 0.3) is 5.91 Å². The summed E-state index contributed by atoms with van der Waals surface area (Å²) in [5.74, 6) is -0.597. The van der Waals surface area contributed by atoms with Crippen LogP contribution in [0.4, 0.5) is 5.69 Å². The average Bonchev–Trinajstić information content (AvgIpc) is 2.94. The highest BCUT2D eigenvalue weighted by Crippen LogP contribution is 2.33. The number of hydrogen-bond acceptors (Lipinski definition) is 5. The van der Waals surface area contributed by atoms with E-state index in [-0.39, 0.29) is 31.5 Å². The molecule has 1 aliphatic heterocycles. The van der Waals surface area contributed by atoms with E-state index in [1.807, 2.05) is 42.5 Å². The van der Waals surface area contributed by atoms with Gasteiger partial charge in [0.05, 0.1) is 11.5 Å². The SMILES string of the molecule is O=C1/C(=C\c2cccc(Br)c2)SC(=S)N1CC(=O)N(CCO)c1ccccc1. The number of para-hydroxylation sites is 1. The van der Waals surface area contributed by atoms with Crippen LogP contribution in [0.15, 0.2) is 64.0 Å².